The minimum atomic E-state index is 0.340. The molecule has 0 aliphatic heterocycles. The van der Waals surface area contributed by atoms with Crippen molar-refractivity contribution in [3.63, 3.8) is 0 Å². The second kappa shape index (κ2) is 7.38. The molecule has 0 saturated carbocycles. The monoisotopic (exact) mass is 399 g/mol. The quantitative estimate of drug-likeness (QED) is 0.786. The minimum Gasteiger partial charge on any atom is -0.310 e. The summed E-state index contributed by atoms with van der Waals surface area (Å²) in [5.74, 6) is 0. The number of nitrogens with zero attached hydrogens (tertiary/aromatic N) is 2. The number of aromatic nitrogens is 2. The van der Waals surface area contributed by atoms with Gasteiger partial charge in [0.1, 0.15) is 0 Å². The van der Waals surface area contributed by atoms with Crippen LogP contribution in [-0.2, 0) is 13.5 Å². The van der Waals surface area contributed by atoms with Crippen molar-refractivity contribution in [3.8, 4) is 0 Å². The molecule has 2 rings (SSSR count). The van der Waals surface area contributed by atoms with Crippen LogP contribution in [0.15, 0.2) is 39.5 Å². The number of benzene rings is 1. The van der Waals surface area contributed by atoms with Gasteiger partial charge in [0.15, 0.2) is 0 Å². The predicted octanol–water partition coefficient (Wildman–Crippen LogP) is 4.23. The van der Waals surface area contributed by atoms with Crippen LogP contribution in [-0.4, -0.2) is 16.3 Å². The Morgan fingerprint density at radius 2 is 2.15 bits per heavy atom. The van der Waals surface area contributed by atoms with Crippen molar-refractivity contribution in [2.45, 2.75) is 25.8 Å². The van der Waals surface area contributed by atoms with E-state index in [1.54, 1.807) is 0 Å². The number of nitrogens with one attached hydrogen (secondary N) is 1. The highest BCUT2D eigenvalue weighted by Crippen LogP contribution is 2.29. The maximum atomic E-state index is 4.22. The van der Waals surface area contributed by atoms with Crippen molar-refractivity contribution in [3.05, 3.63) is 50.7 Å². The van der Waals surface area contributed by atoms with E-state index in [2.05, 4.69) is 73.6 Å². The third kappa shape index (κ3) is 4.17. The molecule has 5 heteroatoms. The standard InChI is InChI=1S/C15H19Br2N3/c1-3-18-15(7-4-11-9-19-20(2)10-11)13-8-12(16)5-6-14(13)17/h5-6,8-10,15,18H,3-4,7H2,1-2H3. The SMILES string of the molecule is CCNC(CCc1cnn(C)c1)c1cc(Br)ccc1Br. The lowest BCUT2D eigenvalue weighted by Crippen LogP contribution is -2.22. The van der Waals surface area contributed by atoms with E-state index in [-0.39, 0.29) is 0 Å². The molecule has 0 aliphatic rings. The van der Waals surface area contributed by atoms with Crippen LogP contribution in [0.5, 0.6) is 0 Å². The number of rotatable bonds is 6. The van der Waals surface area contributed by atoms with Gasteiger partial charge in [-0.15, -0.1) is 0 Å². The maximum Gasteiger partial charge on any atom is 0.0521 e. The molecule has 20 heavy (non-hydrogen) atoms. The summed E-state index contributed by atoms with van der Waals surface area (Å²) < 4.78 is 4.12. The molecule has 2 aromatic rings. The number of hydrogen-bond donors (Lipinski definition) is 1. The van der Waals surface area contributed by atoms with Gasteiger partial charge in [0.2, 0.25) is 0 Å². The molecule has 0 radical (unpaired) electrons. The molecule has 1 unspecified atom stereocenters. The van der Waals surface area contributed by atoms with Gasteiger partial charge in [-0.2, -0.15) is 5.10 Å². The van der Waals surface area contributed by atoms with Crippen molar-refractivity contribution in [2.75, 3.05) is 6.54 Å². The van der Waals surface area contributed by atoms with E-state index in [0.29, 0.717) is 6.04 Å². The van der Waals surface area contributed by atoms with Crippen molar-refractivity contribution in [1.82, 2.24) is 15.1 Å². The van der Waals surface area contributed by atoms with Gasteiger partial charge in [-0.1, -0.05) is 38.8 Å². The average molecular weight is 401 g/mol. The predicted molar refractivity (Wildman–Crippen MR) is 89.8 cm³/mol. The summed E-state index contributed by atoms with van der Waals surface area (Å²) in [7, 11) is 1.95. The van der Waals surface area contributed by atoms with Gasteiger partial charge in [0.25, 0.3) is 0 Å². The van der Waals surface area contributed by atoms with E-state index >= 15 is 0 Å². The van der Waals surface area contributed by atoms with Crippen LogP contribution < -0.4 is 5.32 Å². The Hall–Kier alpha value is -0.650. The first kappa shape index (κ1) is 15.7. The lowest BCUT2D eigenvalue weighted by atomic mass is 10.00. The second-order valence-electron chi connectivity index (χ2n) is 4.84. The molecule has 1 heterocycles. The summed E-state index contributed by atoms with van der Waals surface area (Å²) in [6, 6.07) is 6.67. The molecule has 3 nitrogen and oxygen atoms in total. The van der Waals surface area contributed by atoms with Crippen LogP contribution in [0.4, 0.5) is 0 Å². The van der Waals surface area contributed by atoms with Crippen LogP contribution in [0.2, 0.25) is 0 Å². The summed E-state index contributed by atoms with van der Waals surface area (Å²) in [5, 5.41) is 7.79. The van der Waals surface area contributed by atoms with Gasteiger partial charge in [-0.3, -0.25) is 4.68 Å². The van der Waals surface area contributed by atoms with Crippen molar-refractivity contribution in [2.24, 2.45) is 7.05 Å². The van der Waals surface area contributed by atoms with Crippen molar-refractivity contribution < 1.29 is 0 Å². The molecule has 1 atom stereocenters. The topological polar surface area (TPSA) is 29.9 Å². The molecular formula is C15H19Br2N3. The van der Waals surface area contributed by atoms with Gasteiger partial charge in [-0.25, -0.2) is 0 Å². The van der Waals surface area contributed by atoms with E-state index in [1.165, 1.54) is 11.1 Å². The van der Waals surface area contributed by atoms with Crippen LogP contribution in [0, 0.1) is 0 Å². The van der Waals surface area contributed by atoms with Crippen molar-refractivity contribution in [1.29, 1.82) is 0 Å². The molecule has 1 aromatic heterocycles. The summed E-state index contributed by atoms with van der Waals surface area (Å²) in [4.78, 5) is 0. The molecule has 0 amide bonds. The highest BCUT2D eigenvalue weighted by Gasteiger charge is 2.14. The Bertz CT molecular complexity index is 566. The number of halogens is 2. The fourth-order valence-electron chi connectivity index (χ4n) is 2.31. The lowest BCUT2D eigenvalue weighted by Gasteiger charge is -2.20. The molecule has 0 aliphatic carbocycles. The van der Waals surface area contributed by atoms with E-state index < -0.39 is 0 Å². The van der Waals surface area contributed by atoms with E-state index in [1.807, 2.05) is 17.9 Å². The van der Waals surface area contributed by atoms with Gasteiger partial charge < -0.3 is 5.32 Å². The Kier molecular flexibility index (Phi) is 5.81. The maximum absolute atomic E-state index is 4.22. The molecular weight excluding hydrogens is 382 g/mol. The Labute approximate surface area is 137 Å². The zero-order valence-corrected chi connectivity index (χ0v) is 14.9. The zero-order chi connectivity index (χ0) is 14.5. The molecule has 1 aromatic carbocycles. The fourth-order valence-corrected chi connectivity index (χ4v) is 3.21. The first-order valence-corrected chi connectivity index (χ1v) is 8.34. The Balaban J connectivity index is 2.11. The first-order valence-electron chi connectivity index (χ1n) is 6.76. The highest BCUT2D eigenvalue weighted by molar-refractivity contribution is 9.11. The molecule has 0 bridgehead atoms. The third-order valence-corrected chi connectivity index (χ3v) is 4.48. The molecule has 1 N–H and O–H groups in total. The summed E-state index contributed by atoms with van der Waals surface area (Å²) in [6.07, 6.45) is 6.09. The summed E-state index contributed by atoms with van der Waals surface area (Å²) in [6.45, 7) is 3.10. The van der Waals surface area contributed by atoms with Gasteiger partial charge >= 0.3 is 0 Å². The summed E-state index contributed by atoms with van der Waals surface area (Å²) >= 11 is 7.21. The lowest BCUT2D eigenvalue weighted by molar-refractivity contribution is 0.513. The normalized spacial score (nSPS) is 12.6. The first-order chi connectivity index (χ1) is 9.60. The molecule has 0 fully saturated rings. The Morgan fingerprint density at radius 3 is 2.80 bits per heavy atom. The number of hydrogen-bond acceptors (Lipinski definition) is 2. The summed E-state index contributed by atoms with van der Waals surface area (Å²) in [5.41, 5.74) is 2.58. The highest BCUT2D eigenvalue weighted by atomic mass is 79.9. The number of aryl methyl sites for hydroxylation is 2. The largest absolute Gasteiger partial charge is 0.310 e. The second-order valence-corrected chi connectivity index (χ2v) is 6.61. The third-order valence-electron chi connectivity index (χ3n) is 3.26. The molecule has 0 spiro atoms. The van der Waals surface area contributed by atoms with Gasteiger partial charge in [0, 0.05) is 28.2 Å². The van der Waals surface area contributed by atoms with Crippen LogP contribution in [0.1, 0.15) is 30.5 Å². The van der Waals surface area contributed by atoms with Gasteiger partial charge in [0.05, 0.1) is 6.20 Å². The van der Waals surface area contributed by atoms with E-state index in [0.717, 1.165) is 28.3 Å². The molecule has 0 saturated heterocycles. The minimum absolute atomic E-state index is 0.340. The van der Waals surface area contributed by atoms with Crippen molar-refractivity contribution >= 4 is 31.9 Å². The molecule has 108 valence electrons. The van der Waals surface area contributed by atoms with Crippen LogP contribution in [0.25, 0.3) is 0 Å². The zero-order valence-electron chi connectivity index (χ0n) is 11.7. The smallest absolute Gasteiger partial charge is 0.0521 e. The van der Waals surface area contributed by atoms with E-state index in [9.17, 15) is 0 Å². The average Bonchev–Trinajstić information content (AvgIpc) is 2.83. The van der Waals surface area contributed by atoms with Crippen LogP contribution in [0.3, 0.4) is 0 Å². The van der Waals surface area contributed by atoms with Gasteiger partial charge in [-0.05, 0) is 48.7 Å². The Morgan fingerprint density at radius 1 is 1.35 bits per heavy atom. The van der Waals surface area contributed by atoms with Crippen LogP contribution >= 0.6 is 31.9 Å². The fraction of sp³-hybridized carbons (Fsp3) is 0.400. The van der Waals surface area contributed by atoms with E-state index in [4.69, 9.17) is 0 Å².